The molecular weight excluding hydrogens is 396 g/mol. The van der Waals surface area contributed by atoms with E-state index in [9.17, 15) is 14.4 Å². The molecule has 0 unspecified atom stereocenters. The van der Waals surface area contributed by atoms with Crippen LogP contribution in [0, 0.1) is 13.8 Å². The molecule has 0 saturated carbocycles. The van der Waals surface area contributed by atoms with Gasteiger partial charge in [-0.2, -0.15) is 0 Å². The van der Waals surface area contributed by atoms with Gasteiger partial charge in [0.05, 0.1) is 24.5 Å². The second-order valence-corrected chi connectivity index (χ2v) is 7.16. The van der Waals surface area contributed by atoms with Gasteiger partial charge in [-0.05, 0) is 80.3 Å². The van der Waals surface area contributed by atoms with E-state index in [1.807, 2.05) is 32.9 Å². The Hall–Kier alpha value is -3.61. The summed E-state index contributed by atoms with van der Waals surface area (Å²) in [6.07, 6.45) is 2.51. The van der Waals surface area contributed by atoms with Gasteiger partial charge in [-0.1, -0.05) is 13.0 Å². The molecule has 31 heavy (non-hydrogen) atoms. The molecule has 1 saturated heterocycles. The Morgan fingerprint density at radius 1 is 1.03 bits per heavy atom. The molecule has 0 bridgehead atoms. The maximum Gasteiger partial charge on any atom is 0.338 e. The normalized spacial score (nSPS) is 14.7. The molecule has 0 aromatic heterocycles. The van der Waals surface area contributed by atoms with Crippen molar-refractivity contribution in [1.82, 2.24) is 5.43 Å². The number of hydrazine groups is 1. The smallest absolute Gasteiger partial charge is 0.338 e. The molecule has 2 amide bonds. The van der Waals surface area contributed by atoms with Crippen molar-refractivity contribution in [3.8, 4) is 5.75 Å². The summed E-state index contributed by atoms with van der Waals surface area (Å²) in [6, 6.07) is 9.98. The third-order valence-electron chi connectivity index (χ3n) is 5.07. The van der Waals surface area contributed by atoms with Crippen molar-refractivity contribution >= 4 is 29.5 Å². The minimum absolute atomic E-state index is 0.0409. The summed E-state index contributed by atoms with van der Waals surface area (Å²) in [4.78, 5) is 37.2. The number of ether oxygens (including phenoxy) is 2. The summed E-state index contributed by atoms with van der Waals surface area (Å²) in [6.45, 7) is 8.57. The van der Waals surface area contributed by atoms with E-state index in [0.29, 0.717) is 17.9 Å². The molecule has 0 spiro atoms. The Balaban J connectivity index is 1.84. The Morgan fingerprint density at radius 3 is 2.39 bits per heavy atom. The minimum Gasteiger partial charge on any atom is -0.493 e. The number of benzene rings is 2. The van der Waals surface area contributed by atoms with Gasteiger partial charge >= 0.3 is 5.97 Å². The first-order valence-electron chi connectivity index (χ1n) is 10.2. The van der Waals surface area contributed by atoms with E-state index >= 15 is 0 Å². The molecule has 1 aliphatic heterocycles. The van der Waals surface area contributed by atoms with E-state index in [4.69, 9.17) is 9.47 Å². The highest BCUT2D eigenvalue weighted by Gasteiger charge is 2.34. The summed E-state index contributed by atoms with van der Waals surface area (Å²) in [5.41, 5.74) is 6.13. The topological polar surface area (TPSA) is 84.9 Å². The standard InChI is InChI=1S/C24H26N2O5/c1-5-13-31-21-12-9-18(15(3)16(21)4)14-20-22(27)25-26(23(20)28)19-10-7-17(8-11-19)24(29)30-6-2/h7-12,14H,5-6,13H2,1-4H3,(H,25,27)/b20-14-. The molecule has 7 nitrogen and oxygen atoms in total. The summed E-state index contributed by atoms with van der Waals surface area (Å²) < 4.78 is 10.7. The number of amides is 2. The van der Waals surface area contributed by atoms with E-state index in [0.717, 1.165) is 28.9 Å². The number of esters is 1. The number of nitrogens with one attached hydrogen (secondary N) is 1. The van der Waals surface area contributed by atoms with Crippen LogP contribution in [0.3, 0.4) is 0 Å². The van der Waals surface area contributed by atoms with Crippen LogP contribution in [0.4, 0.5) is 5.69 Å². The zero-order valence-electron chi connectivity index (χ0n) is 18.2. The van der Waals surface area contributed by atoms with Crippen molar-refractivity contribution in [2.45, 2.75) is 34.1 Å². The van der Waals surface area contributed by atoms with Crippen molar-refractivity contribution in [3.63, 3.8) is 0 Å². The zero-order chi connectivity index (χ0) is 22.5. The zero-order valence-corrected chi connectivity index (χ0v) is 18.2. The average Bonchev–Trinajstić information content (AvgIpc) is 3.05. The van der Waals surface area contributed by atoms with Crippen LogP contribution >= 0.6 is 0 Å². The van der Waals surface area contributed by atoms with E-state index in [2.05, 4.69) is 5.43 Å². The van der Waals surface area contributed by atoms with E-state index in [1.165, 1.54) is 5.01 Å². The fourth-order valence-corrected chi connectivity index (χ4v) is 3.20. The Kier molecular flexibility index (Phi) is 6.74. The molecule has 1 N–H and O–H groups in total. The molecule has 3 rings (SSSR count). The van der Waals surface area contributed by atoms with Gasteiger partial charge in [0, 0.05) is 0 Å². The third-order valence-corrected chi connectivity index (χ3v) is 5.07. The van der Waals surface area contributed by atoms with Gasteiger partial charge < -0.3 is 9.47 Å². The van der Waals surface area contributed by atoms with Crippen LogP contribution in [0.15, 0.2) is 42.0 Å². The number of nitrogens with zero attached hydrogens (tertiary/aromatic N) is 1. The fraction of sp³-hybridized carbons (Fsp3) is 0.292. The van der Waals surface area contributed by atoms with Crippen LogP contribution in [0.1, 0.15) is 47.3 Å². The summed E-state index contributed by atoms with van der Waals surface area (Å²) in [5.74, 6) is -0.587. The number of rotatable bonds is 7. The molecule has 1 fully saturated rings. The van der Waals surface area contributed by atoms with Crippen LogP contribution in [0.2, 0.25) is 0 Å². The van der Waals surface area contributed by atoms with Gasteiger partial charge in [-0.25, -0.2) is 9.80 Å². The van der Waals surface area contributed by atoms with Crippen molar-refractivity contribution < 1.29 is 23.9 Å². The largest absolute Gasteiger partial charge is 0.493 e. The summed E-state index contributed by atoms with van der Waals surface area (Å²) in [5, 5.41) is 1.17. The van der Waals surface area contributed by atoms with Crippen molar-refractivity contribution in [2.75, 3.05) is 18.2 Å². The van der Waals surface area contributed by atoms with E-state index < -0.39 is 17.8 Å². The highest BCUT2D eigenvalue weighted by atomic mass is 16.5. The van der Waals surface area contributed by atoms with E-state index in [-0.39, 0.29) is 12.2 Å². The molecule has 7 heteroatoms. The van der Waals surface area contributed by atoms with Crippen molar-refractivity contribution in [3.05, 3.63) is 64.2 Å². The van der Waals surface area contributed by atoms with Crippen LogP contribution < -0.4 is 15.2 Å². The lowest BCUT2D eigenvalue weighted by Crippen LogP contribution is -2.35. The molecule has 0 aliphatic carbocycles. The highest BCUT2D eigenvalue weighted by molar-refractivity contribution is 6.31. The Labute approximate surface area is 181 Å². The maximum absolute atomic E-state index is 12.9. The SMILES string of the molecule is CCCOc1ccc(/C=C2/C(=O)NN(c3ccc(C(=O)OCC)cc3)C2=O)c(C)c1C. The molecule has 162 valence electrons. The maximum atomic E-state index is 12.9. The first-order valence-corrected chi connectivity index (χ1v) is 10.2. The van der Waals surface area contributed by atoms with Gasteiger partial charge in [-0.15, -0.1) is 0 Å². The number of carbonyl (C=O) groups excluding carboxylic acids is 3. The summed E-state index contributed by atoms with van der Waals surface area (Å²) >= 11 is 0. The summed E-state index contributed by atoms with van der Waals surface area (Å²) in [7, 11) is 0. The van der Waals surface area contributed by atoms with Crippen LogP contribution in [-0.2, 0) is 14.3 Å². The third kappa shape index (κ3) is 4.60. The first kappa shape index (κ1) is 22.1. The average molecular weight is 422 g/mol. The number of hydrogen-bond donors (Lipinski definition) is 1. The molecular formula is C24H26N2O5. The highest BCUT2D eigenvalue weighted by Crippen LogP contribution is 2.28. The van der Waals surface area contributed by atoms with Gasteiger partial charge in [-0.3, -0.25) is 15.0 Å². The monoisotopic (exact) mass is 422 g/mol. The van der Waals surface area contributed by atoms with Gasteiger partial charge in [0.1, 0.15) is 11.3 Å². The predicted octanol–water partition coefficient (Wildman–Crippen LogP) is 3.73. The van der Waals surface area contributed by atoms with Crippen LogP contribution in [0.25, 0.3) is 6.08 Å². The molecule has 0 atom stereocenters. The van der Waals surface area contributed by atoms with Gasteiger partial charge in [0.25, 0.3) is 11.8 Å². The molecule has 1 heterocycles. The van der Waals surface area contributed by atoms with Gasteiger partial charge in [0.15, 0.2) is 0 Å². The lowest BCUT2D eigenvalue weighted by molar-refractivity contribution is -0.117. The number of carbonyl (C=O) groups is 3. The predicted molar refractivity (Wildman–Crippen MR) is 118 cm³/mol. The Morgan fingerprint density at radius 2 is 1.74 bits per heavy atom. The van der Waals surface area contributed by atoms with E-state index in [1.54, 1.807) is 37.3 Å². The molecule has 2 aromatic rings. The lowest BCUT2D eigenvalue weighted by atomic mass is 10.00. The Bertz CT molecular complexity index is 1040. The molecule has 0 radical (unpaired) electrons. The number of hydrogen-bond acceptors (Lipinski definition) is 5. The molecule has 2 aromatic carbocycles. The van der Waals surface area contributed by atoms with Crippen molar-refractivity contribution in [2.24, 2.45) is 0 Å². The van der Waals surface area contributed by atoms with Gasteiger partial charge in [0.2, 0.25) is 0 Å². The quantitative estimate of drug-likeness (QED) is 0.418. The number of anilines is 1. The minimum atomic E-state index is -0.483. The second-order valence-electron chi connectivity index (χ2n) is 7.16. The second kappa shape index (κ2) is 9.47. The van der Waals surface area contributed by atoms with Crippen LogP contribution in [0.5, 0.6) is 5.75 Å². The first-order chi connectivity index (χ1) is 14.9. The molecule has 1 aliphatic rings. The lowest BCUT2D eigenvalue weighted by Gasteiger charge is -2.15. The van der Waals surface area contributed by atoms with Crippen LogP contribution in [-0.4, -0.2) is 31.0 Å². The van der Waals surface area contributed by atoms with Crippen molar-refractivity contribution in [1.29, 1.82) is 0 Å². The fourth-order valence-electron chi connectivity index (χ4n) is 3.20.